The van der Waals surface area contributed by atoms with Gasteiger partial charge < -0.3 is 10.6 Å². The predicted octanol–water partition coefficient (Wildman–Crippen LogP) is 2.47. The number of anilines is 1. The number of carbonyl (C=O) groups excluding carboxylic acids is 1. The van der Waals surface area contributed by atoms with Gasteiger partial charge in [0.25, 0.3) is 0 Å². The Labute approximate surface area is 110 Å². The minimum Gasteiger partial charge on any atom is -0.325 e. The fourth-order valence-corrected chi connectivity index (χ4v) is 1.50. The summed E-state index contributed by atoms with van der Waals surface area (Å²) >= 11 is 0. The zero-order valence-electron chi connectivity index (χ0n) is 9.87. The van der Waals surface area contributed by atoms with E-state index in [0.29, 0.717) is 6.04 Å². The molecule has 1 aromatic carbocycles. The number of amides is 1. The second-order valence-corrected chi connectivity index (χ2v) is 4.28. The number of carbonyl (C=O) groups is 1. The lowest BCUT2D eigenvalue weighted by Gasteiger charge is -2.13. The molecule has 1 saturated carbocycles. The first-order valence-corrected chi connectivity index (χ1v) is 5.58. The van der Waals surface area contributed by atoms with Crippen molar-refractivity contribution in [1.82, 2.24) is 5.32 Å². The number of hydrogen-bond donors (Lipinski definition) is 2. The lowest BCUT2D eigenvalue weighted by molar-refractivity contribution is -0.117. The van der Waals surface area contributed by atoms with E-state index in [9.17, 15) is 13.6 Å². The first-order valence-electron chi connectivity index (χ1n) is 5.58. The van der Waals surface area contributed by atoms with E-state index >= 15 is 0 Å². The van der Waals surface area contributed by atoms with Crippen molar-refractivity contribution in [2.24, 2.45) is 0 Å². The highest BCUT2D eigenvalue weighted by Crippen LogP contribution is 2.19. The summed E-state index contributed by atoms with van der Waals surface area (Å²) in [7, 11) is 0. The van der Waals surface area contributed by atoms with Crippen LogP contribution in [0.25, 0.3) is 0 Å². The highest BCUT2D eigenvalue weighted by Gasteiger charge is 2.25. The summed E-state index contributed by atoms with van der Waals surface area (Å²) < 4.78 is 25.6. The van der Waals surface area contributed by atoms with Gasteiger partial charge in [0.1, 0.15) is 0 Å². The topological polar surface area (TPSA) is 41.1 Å². The third kappa shape index (κ3) is 3.92. The summed E-state index contributed by atoms with van der Waals surface area (Å²) in [6.07, 6.45) is 2.17. The van der Waals surface area contributed by atoms with Crippen molar-refractivity contribution in [2.45, 2.75) is 31.8 Å². The molecule has 3 nitrogen and oxygen atoms in total. The van der Waals surface area contributed by atoms with Crippen LogP contribution < -0.4 is 10.6 Å². The third-order valence-corrected chi connectivity index (χ3v) is 2.64. The Kier molecular flexibility index (Phi) is 5.04. The zero-order valence-corrected chi connectivity index (χ0v) is 10.7. The maximum Gasteiger partial charge on any atom is 0.241 e. The Hall–Kier alpha value is -1.20. The van der Waals surface area contributed by atoms with E-state index in [-0.39, 0.29) is 30.0 Å². The van der Waals surface area contributed by atoms with Gasteiger partial charge in [-0.1, -0.05) is 0 Å². The lowest BCUT2D eigenvalue weighted by Crippen LogP contribution is -2.39. The van der Waals surface area contributed by atoms with Crippen molar-refractivity contribution in [1.29, 1.82) is 0 Å². The summed E-state index contributed by atoms with van der Waals surface area (Å²) in [5.41, 5.74) is 0.262. The monoisotopic (exact) mass is 276 g/mol. The number of halogens is 3. The van der Waals surface area contributed by atoms with Gasteiger partial charge in [-0.2, -0.15) is 0 Å². The molecule has 2 N–H and O–H groups in total. The summed E-state index contributed by atoms with van der Waals surface area (Å²) in [5.74, 6) is -2.14. The zero-order chi connectivity index (χ0) is 12.4. The van der Waals surface area contributed by atoms with E-state index in [2.05, 4.69) is 10.6 Å². The quantitative estimate of drug-likeness (QED) is 0.887. The molecule has 0 aromatic heterocycles. The number of nitrogens with one attached hydrogen (secondary N) is 2. The van der Waals surface area contributed by atoms with Crippen molar-refractivity contribution in [3.8, 4) is 0 Å². The van der Waals surface area contributed by atoms with Crippen LogP contribution >= 0.6 is 12.4 Å². The molecule has 1 aliphatic carbocycles. The fourth-order valence-electron chi connectivity index (χ4n) is 1.50. The Morgan fingerprint density at radius 3 is 2.56 bits per heavy atom. The molecule has 0 radical (unpaired) electrons. The third-order valence-electron chi connectivity index (χ3n) is 2.64. The van der Waals surface area contributed by atoms with E-state index in [1.807, 2.05) is 0 Å². The van der Waals surface area contributed by atoms with Gasteiger partial charge in [0.05, 0.1) is 6.04 Å². The van der Waals surface area contributed by atoms with Gasteiger partial charge in [0.2, 0.25) is 5.91 Å². The first kappa shape index (κ1) is 14.9. The molecule has 1 fully saturated rings. The van der Waals surface area contributed by atoms with E-state index < -0.39 is 11.6 Å². The molecule has 1 aliphatic rings. The van der Waals surface area contributed by atoms with Crippen LogP contribution in [0.1, 0.15) is 19.8 Å². The molecule has 0 saturated heterocycles. The van der Waals surface area contributed by atoms with Crippen molar-refractivity contribution in [2.75, 3.05) is 5.32 Å². The van der Waals surface area contributed by atoms with Crippen molar-refractivity contribution < 1.29 is 13.6 Å². The summed E-state index contributed by atoms with van der Waals surface area (Å²) in [5, 5.41) is 5.65. The molecule has 1 atom stereocenters. The molecule has 18 heavy (non-hydrogen) atoms. The van der Waals surface area contributed by atoms with Crippen LogP contribution in [-0.2, 0) is 4.79 Å². The summed E-state index contributed by atoms with van der Waals surface area (Å²) in [6, 6.07) is 3.37. The Bertz CT molecular complexity index is 438. The molecule has 0 aliphatic heterocycles. The first-order chi connectivity index (χ1) is 8.06. The average molecular weight is 277 g/mol. The van der Waals surface area contributed by atoms with Crippen LogP contribution in [0.2, 0.25) is 0 Å². The fraction of sp³-hybridized carbons (Fsp3) is 0.417. The Morgan fingerprint density at radius 2 is 2.00 bits per heavy atom. The largest absolute Gasteiger partial charge is 0.325 e. The van der Waals surface area contributed by atoms with Gasteiger partial charge in [0.15, 0.2) is 11.6 Å². The molecule has 1 amide bonds. The Balaban J connectivity index is 0.00000162. The molecule has 6 heteroatoms. The molecule has 0 heterocycles. The van der Waals surface area contributed by atoms with Crippen LogP contribution in [0.5, 0.6) is 0 Å². The summed E-state index contributed by atoms with van der Waals surface area (Å²) in [6.45, 7) is 1.74. The summed E-state index contributed by atoms with van der Waals surface area (Å²) in [4.78, 5) is 11.7. The molecular weight excluding hydrogens is 262 g/mol. The van der Waals surface area contributed by atoms with Crippen molar-refractivity contribution in [3.63, 3.8) is 0 Å². The predicted molar refractivity (Wildman–Crippen MR) is 67.9 cm³/mol. The molecular formula is C12H15ClF2N2O. The van der Waals surface area contributed by atoms with E-state index in [0.717, 1.165) is 25.0 Å². The van der Waals surface area contributed by atoms with Crippen LogP contribution in [0, 0.1) is 11.6 Å². The highest BCUT2D eigenvalue weighted by molar-refractivity contribution is 5.94. The highest BCUT2D eigenvalue weighted by atomic mass is 35.5. The molecule has 1 unspecified atom stereocenters. The van der Waals surface area contributed by atoms with Crippen molar-refractivity contribution in [3.05, 3.63) is 29.8 Å². The second-order valence-electron chi connectivity index (χ2n) is 4.28. The van der Waals surface area contributed by atoms with Gasteiger partial charge in [-0.05, 0) is 31.9 Å². The number of rotatable bonds is 4. The maximum atomic E-state index is 12.9. The van der Waals surface area contributed by atoms with Crippen molar-refractivity contribution >= 4 is 24.0 Å². The normalized spacial score (nSPS) is 15.7. The van der Waals surface area contributed by atoms with E-state index in [1.54, 1.807) is 6.92 Å². The second kappa shape index (κ2) is 6.11. The van der Waals surface area contributed by atoms with Gasteiger partial charge in [-0.3, -0.25) is 4.79 Å². The van der Waals surface area contributed by atoms with E-state index in [4.69, 9.17) is 0 Å². The Morgan fingerprint density at radius 1 is 1.33 bits per heavy atom. The maximum absolute atomic E-state index is 12.9. The van der Waals surface area contributed by atoms with Crippen LogP contribution in [0.15, 0.2) is 18.2 Å². The molecule has 0 spiro atoms. The standard InChI is InChI=1S/C12H14F2N2O.ClH/c1-7(15-8-2-3-8)12(17)16-9-4-5-10(13)11(14)6-9;/h4-8,15H,2-3H2,1H3,(H,16,17);1H. The minimum absolute atomic E-state index is 0. The number of hydrogen-bond acceptors (Lipinski definition) is 2. The lowest BCUT2D eigenvalue weighted by atomic mass is 10.2. The molecule has 1 aromatic rings. The van der Waals surface area contributed by atoms with Gasteiger partial charge in [-0.25, -0.2) is 8.78 Å². The average Bonchev–Trinajstić information content (AvgIpc) is 3.07. The van der Waals surface area contributed by atoms with E-state index in [1.165, 1.54) is 6.07 Å². The number of benzene rings is 1. The smallest absolute Gasteiger partial charge is 0.241 e. The van der Waals surface area contributed by atoms with Gasteiger partial charge >= 0.3 is 0 Å². The minimum atomic E-state index is -0.967. The van der Waals surface area contributed by atoms with Crippen LogP contribution in [-0.4, -0.2) is 18.0 Å². The molecule has 0 bridgehead atoms. The molecule has 2 rings (SSSR count). The molecule has 100 valence electrons. The SMILES string of the molecule is CC(NC1CC1)C(=O)Nc1ccc(F)c(F)c1.Cl. The van der Waals surface area contributed by atoms with Gasteiger partial charge in [-0.15, -0.1) is 12.4 Å². The van der Waals surface area contributed by atoms with Gasteiger partial charge in [0, 0.05) is 17.8 Å². The van der Waals surface area contributed by atoms with Crippen LogP contribution in [0.3, 0.4) is 0 Å². The van der Waals surface area contributed by atoms with Crippen LogP contribution in [0.4, 0.5) is 14.5 Å².